The molecule has 0 amide bonds. The maximum Gasteiger partial charge on any atom is 0.312 e. The predicted octanol–water partition coefficient (Wildman–Crippen LogP) is 1.95. The van der Waals surface area contributed by atoms with E-state index in [9.17, 15) is 23.6 Å². The van der Waals surface area contributed by atoms with Crippen molar-refractivity contribution in [2.45, 2.75) is 11.8 Å². The molecule has 0 saturated heterocycles. The quantitative estimate of drug-likeness (QED) is 0.535. The summed E-state index contributed by atoms with van der Waals surface area (Å²) in [7, 11) is -4.11. The molecular formula is C13H10N4O6S. The Bertz CT molecular complexity index is 1060. The highest BCUT2D eigenvalue weighted by molar-refractivity contribution is 7.92. The lowest BCUT2D eigenvalue weighted by molar-refractivity contribution is -0.386. The number of aryl methyl sites for hydroxylation is 1. The summed E-state index contributed by atoms with van der Waals surface area (Å²) in [6, 6.07) is 4.26. The first-order chi connectivity index (χ1) is 11.3. The lowest BCUT2D eigenvalue weighted by atomic mass is 10.3. The molecule has 0 radical (unpaired) electrons. The zero-order valence-corrected chi connectivity index (χ0v) is 12.9. The molecule has 0 bridgehead atoms. The summed E-state index contributed by atoms with van der Waals surface area (Å²) in [6.07, 6.45) is 1.24. The number of anilines is 1. The lowest BCUT2D eigenvalue weighted by Gasteiger charge is -2.08. The first-order valence-electron chi connectivity index (χ1n) is 6.50. The van der Waals surface area contributed by atoms with Crippen LogP contribution < -0.4 is 4.72 Å². The van der Waals surface area contributed by atoms with Crippen molar-refractivity contribution in [2.75, 3.05) is 4.72 Å². The summed E-state index contributed by atoms with van der Waals surface area (Å²) in [6.45, 7) is 1.68. The molecular weight excluding hydrogens is 340 g/mol. The molecule has 0 atom stereocenters. The van der Waals surface area contributed by atoms with Crippen LogP contribution in [-0.4, -0.2) is 28.6 Å². The fourth-order valence-corrected chi connectivity index (χ4v) is 3.09. The second-order valence-corrected chi connectivity index (χ2v) is 6.54. The zero-order valence-electron chi connectivity index (χ0n) is 12.1. The number of nitrogens with one attached hydrogen (secondary N) is 1. The number of nitro benzene ring substituents is 1. The summed E-state index contributed by atoms with van der Waals surface area (Å²) in [4.78, 5) is 13.5. The Labute approximate surface area is 134 Å². The van der Waals surface area contributed by atoms with Crippen LogP contribution in [0.5, 0.6) is 5.75 Å². The maximum atomic E-state index is 12.4. The first kappa shape index (κ1) is 15.7. The topological polar surface area (TPSA) is 148 Å². The molecule has 0 aliphatic carbocycles. The fraction of sp³-hybridized carbons (Fsp3) is 0.0769. The van der Waals surface area contributed by atoms with Crippen LogP contribution in [0.1, 0.15) is 5.69 Å². The summed E-state index contributed by atoms with van der Waals surface area (Å²) < 4.78 is 31.9. The third-order valence-corrected chi connectivity index (χ3v) is 4.60. The summed E-state index contributed by atoms with van der Waals surface area (Å²) in [5.41, 5.74) is 0.236. The maximum absolute atomic E-state index is 12.4. The number of phenolic OH excluding ortho intramolecular Hbond substituents is 1. The van der Waals surface area contributed by atoms with Gasteiger partial charge < -0.3 is 9.63 Å². The van der Waals surface area contributed by atoms with Gasteiger partial charge in [-0.15, -0.1) is 0 Å². The van der Waals surface area contributed by atoms with Gasteiger partial charge in [-0.2, -0.15) is 0 Å². The highest BCUT2D eigenvalue weighted by Gasteiger charge is 2.21. The van der Waals surface area contributed by atoms with E-state index in [1.165, 1.54) is 12.3 Å². The molecule has 11 heteroatoms. The van der Waals surface area contributed by atoms with Gasteiger partial charge in [-0.1, -0.05) is 5.16 Å². The SMILES string of the molecule is Cc1noc2ncc(NS(=O)(=O)c3ccc(O)c([N+](=O)[O-])c3)cc12. The van der Waals surface area contributed by atoms with Crippen LogP contribution in [0.15, 0.2) is 39.9 Å². The van der Waals surface area contributed by atoms with E-state index in [0.29, 0.717) is 11.1 Å². The van der Waals surface area contributed by atoms with Crippen LogP contribution in [0.25, 0.3) is 11.1 Å². The third-order valence-electron chi connectivity index (χ3n) is 3.22. The van der Waals surface area contributed by atoms with Crippen molar-refractivity contribution < 1.29 is 23.0 Å². The molecule has 0 aliphatic rings. The van der Waals surface area contributed by atoms with Gasteiger partial charge in [-0.25, -0.2) is 13.4 Å². The molecule has 2 aromatic heterocycles. The number of aromatic hydroxyl groups is 1. The number of sulfonamides is 1. The van der Waals surface area contributed by atoms with Crippen molar-refractivity contribution in [1.29, 1.82) is 0 Å². The molecule has 0 unspecified atom stereocenters. The zero-order chi connectivity index (χ0) is 17.5. The van der Waals surface area contributed by atoms with Crippen LogP contribution in [0.2, 0.25) is 0 Å². The molecule has 1 aromatic carbocycles. The van der Waals surface area contributed by atoms with Gasteiger partial charge in [0.15, 0.2) is 5.75 Å². The van der Waals surface area contributed by atoms with Gasteiger partial charge in [0.2, 0.25) is 0 Å². The monoisotopic (exact) mass is 350 g/mol. The van der Waals surface area contributed by atoms with Crippen LogP contribution in [-0.2, 0) is 10.0 Å². The average Bonchev–Trinajstić information content (AvgIpc) is 2.88. The van der Waals surface area contributed by atoms with E-state index in [4.69, 9.17) is 4.52 Å². The minimum absolute atomic E-state index is 0.143. The molecule has 3 aromatic rings. The van der Waals surface area contributed by atoms with Gasteiger partial charge in [0.25, 0.3) is 15.7 Å². The lowest BCUT2D eigenvalue weighted by Crippen LogP contribution is -2.13. The van der Waals surface area contributed by atoms with E-state index < -0.39 is 26.4 Å². The molecule has 0 fully saturated rings. The summed E-state index contributed by atoms with van der Waals surface area (Å²) in [5.74, 6) is -0.623. The number of hydrogen-bond donors (Lipinski definition) is 2. The Morgan fingerprint density at radius 3 is 2.79 bits per heavy atom. The predicted molar refractivity (Wildman–Crippen MR) is 82.1 cm³/mol. The largest absolute Gasteiger partial charge is 0.502 e. The molecule has 2 N–H and O–H groups in total. The minimum atomic E-state index is -4.11. The molecule has 0 spiro atoms. The number of aromatic nitrogens is 2. The van der Waals surface area contributed by atoms with Crippen LogP contribution >= 0.6 is 0 Å². The smallest absolute Gasteiger partial charge is 0.312 e. The van der Waals surface area contributed by atoms with Gasteiger partial charge in [0, 0.05) is 6.07 Å². The van der Waals surface area contributed by atoms with Crippen LogP contribution in [0.4, 0.5) is 11.4 Å². The molecule has 0 saturated carbocycles. The second kappa shape index (κ2) is 5.45. The van der Waals surface area contributed by atoms with Gasteiger partial charge in [-0.3, -0.25) is 14.8 Å². The second-order valence-electron chi connectivity index (χ2n) is 4.86. The molecule has 2 heterocycles. The van der Waals surface area contributed by atoms with Gasteiger partial charge in [-0.05, 0) is 25.1 Å². The first-order valence-corrected chi connectivity index (χ1v) is 7.98. The van der Waals surface area contributed by atoms with E-state index in [-0.39, 0.29) is 16.3 Å². The number of nitro groups is 1. The Morgan fingerprint density at radius 2 is 2.08 bits per heavy atom. The van der Waals surface area contributed by atoms with Gasteiger partial charge in [0.05, 0.1) is 32.8 Å². The number of fused-ring (bicyclic) bond motifs is 1. The molecule has 124 valence electrons. The van der Waals surface area contributed by atoms with Crippen molar-refractivity contribution in [1.82, 2.24) is 10.1 Å². The van der Waals surface area contributed by atoms with E-state index in [1.54, 1.807) is 6.92 Å². The number of phenols is 1. The Kier molecular flexibility index (Phi) is 3.56. The fourth-order valence-electron chi connectivity index (χ4n) is 2.03. The van der Waals surface area contributed by atoms with Crippen molar-refractivity contribution in [2.24, 2.45) is 0 Å². The summed E-state index contributed by atoms with van der Waals surface area (Å²) in [5, 5.41) is 24.5. The Balaban J connectivity index is 1.99. The van der Waals surface area contributed by atoms with Crippen molar-refractivity contribution in [3.05, 3.63) is 46.3 Å². The Morgan fingerprint density at radius 1 is 1.33 bits per heavy atom. The van der Waals surface area contributed by atoms with Crippen molar-refractivity contribution >= 4 is 32.5 Å². The molecule has 10 nitrogen and oxygen atoms in total. The number of benzene rings is 1. The third kappa shape index (κ3) is 2.72. The normalized spacial score (nSPS) is 11.5. The average molecular weight is 350 g/mol. The highest BCUT2D eigenvalue weighted by atomic mass is 32.2. The van der Waals surface area contributed by atoms with Crippen molar-refractivity contribution in [3.8, 4) is 5.75 Å². The van der Waals surface area contributed by atoms with Gasteiger partial charge >= 0.3 is 5.69 Å². The number of hydrogen-bond acceptors (Lipinski definition) is 8. The van der Waals surface area contributed by atoms with E-state index in [1.807, 2.05) is 0 Å². The standard InChI is InChI=1S/C13H10N4O6S/c1-7-10-4-8(6-14-13(10)23-15-7)16-24(21,22)9-2-3-12(18)11(5-9)17(19)20/h2-6,16,18H,1H3. The molecule has 3 rings (SSSR count). The van der Waals surface area contributed by atoms with Crippen LogP contribution in [0, 0.1) is 17.0 Å². The Hall–Kier alpha value is -3.21. The highest BCUT2D eigenvalue weighted by Crippen LogP contribution is 2.29. The molecule has 0 aliphatic heterocycles. The summed E-state index contributed by atoms with van der Waals surface area (Å²) >= 11 is 0. The molecule has 24 heavy (non-hydrogen) atoms. The van der Waals surface area contributed by atoms with E-state index in [0.717, 1.165) is 18.2 Å². The van der Waals surface area contributed by atoms with E-state index in [2.05, 4.69) is 14.9 Å². The minimum Gasteiger partial charge on any atom is -0.502 e. The number of rotatable bonds is 4. The van der Waals surface area contributed by atoms with E-state index >= 15 is 0 Å². The number of nitrogens with zero attached hydrogens (tertiary/aromatic N) is 3. The van der Waals surface area contributed by atoms with Crippen LogP contribution in [0.3, 0.4) is 0 Å². The number of pyridine rings is 1. The van der Waals surface area contributed by atoms with Gasteiger partial charge in [0.1, 0.15) is 0 Å². The van der Waals surface area contributed by atoms with Crippen molar-refractivity contribution in [3.63, 3.8) is 0 Å².